The van der Waals surface area contributed by atoms with Crippen molar-refractivity contribution in [2.75, 3.05) is 5.32 Å². The van der Waals surface area contributed by atoms with Crippen LogP contribution in [-0.4, -0.2) is 29.3 Å². The number of carbonyl (C=O) groups is 1. The highest BCUT2D eigenvalue weighted by Crippen LogP contribution is 2.17. The van der Waals surface area contributed by atoms with Gasteiger partial charge < -0.3 is 10.4 Å². The van der Waals surface area contributed by atoms with Gasteiger partial charge in [0.15, 0.2) is 0 Å². The van der Waals surface area contributed by atoms with E-state index in [2.05, 4.69) is 5.32 Å². The molecule has 0 radical (unpaired) electrons. The van der Waals surface area contributed by atoms with Crippen LogP contribution in [0.2, 0.25) is 0 Å². The molecule has 1 atom stereocenters. The SMILES string of the molecule is O=C(c1ccc(Nc2ccccc2)cc1)C(O)S(=O)(=O)O. The van der Waals surface area contributed by atoms with Crippen LogP contribution in [0.3, 0.4) is 0 Å². The lowest BCUT2D eigenvalue weighted by Gasteiger charge is -2.09. The highest BCUT2D eigenvalue weighted by Gasteiger charge is 2.28. The summed E-state index contributed by atoms with van der Waals surface area (Å²) in [6.45, 7) is 0. The molecule has 0 aromatic heterocycles. The molecule has 2 aromatic rings. The van der Waals surface area contributed by atoms with Crippen molar-refractivity contribution in [1.82, 2.24) is 0 Å². The zero-order valence-corrected chi connectivity index (χ0v) is 11.6. The Morgan fingerprint density at radius 1 is 0.952 bits per heavy atom. The molecule has 0 amide bonds. The summed E-state index contributed by atoms with van der Waals surface area (Å²) in [4.78, 5) is 11.7. The van der Waals surface area contributed by atoms with Gasteiger partial charge in [0.1, 0.15) is 0 Å². The number of benzene rings is 2. The zero-order chi connectivity index (χ0) is 15.5. The lowest BCUT2D eigenvalue weighted by atomic mass is 10.1. The van der Waals surface area contributed by atoms with E-state index in [1.807, 2.05) is 30.3 Å². The number of ketones is 1. The molecule has 21 heavy (non-hydrogen) atoms. The van der Waals surface area contributed by atoms with E-state index < -0.39 is 21.3 Å². The number of para-hydroxylation sites is 1. The summed E-state index contributed by atoms with van der Waals surface area (Å²) in [5.41, 5.74) is -0.933. The van der Waals surface area contributed by atoms with Crippen molar-refractivity contribution in [3.63, 3.8) is 0 Å². The number of aliphatic hydroxyl groups excluding tert-OH is 1. The van der Waals surface area contributed by atoms with Crippen LogP contribution in [0.1, 0.15) is 10.4 Å². The smallest absolute Gasteiger partial charge is 0.299 e. The van der Waals surface area contributed by atoms with Gasteiger partial charge in [-0.15, -0.1) is 0 Å². The van der Waals surface area contributed by atoms with Crippen LogP contribution in [0.25, 0.3) is 0 Å². The minimum absolute atomic E-state index is 0.0151. The second kappa shape index (κ2) is 6.04. The molecule has 0 fully saturated rings. The minimum Gasteiger partial charge on any atom is -0.369 e. The van der Waals surface area contributed by atoms with E-state index in [0.717, 1.165) is 5.69 Å². The number of rotatable bonds is 5. The molecule has 6 nitrogen and oxygen atoms in total. The number of Topliss-reactive ketones (excluding diaryl/α,β-unsaturated/α-hetero) is 1. The molecule has 0 aliphatic rings. The largest absolute Gasteiger partial charge is 0.369 e. The average Bonchev–Trinajstić information content (AvgIpc) is 2.46. The van der Waals surface area contributed by atoms with Gasteiger partial charge in [-0.2, -0.15) is 8.42 Å². The molecule has 110 valence electrons. The van der Waals surface area contributed by atoms with E-state index in [0.29, 0.717) is 5.69 Å². The van der Waals surface area contributed by atoms with Gasteiger partial charge in [-0.1, -0.05) is 18.2 Å². The topological polar surface area (TPSA) is 104 Å². The molecule has 0 aliphatic heterocycles. The molecule has 0 saturated carbocycles. The molecule has 0 aliphatic carbocycles. The maximum atomic E-state index is 11.7. The quantitative estimate of drug-likeness (QED) is 0.575. The van der Waals surface area contributed by atoms with Crippen molar-refractivity contribution in [3.05, 3.63) is 60.2 Å². The van der Waals surface area contributed by atoms with Gasteiger partial charge in [0.05, 0.1) is 0 Å². The third-order valence-electron chi connectivity index (χ3n) is 2.74. The second-order valence-electron chi connectivity index (χ2n) is 4.30. The first-order valence-electron chi connectivity index (χ1n) is 5.98. The number of hydrogen-bond donors (Lipinski definition) is 3. The fraction of sp³-hybridized carbons (Fsp3) is 0.0714. The van der Waals surface area contributed by atoms with Crippen LogP contribution < -0.4 is 5.32 Å². The lowest BCUT2D eigenvalue weighted by molar-refractivity contribution is 0.0848. The van der Waals surface area contributed by atoms with Crippen LogP contribution in [0.15, 0.2) is 54.6 Å². The summed E-state index contributed by atoms with van der Waals surface area (Å²) in [6.07, 6.45) is 0. The highest BCUT2D eigenvalue weighted by molar-refractivity contribution is 7.87. The molecule has 0 heterocycles. The van der Waals surface area contributed by atoms with Crippen molar-refractivity contribution in [2.24, 2.45) is 0 Å². The summed E-state index contributed by atoms with van der Waals surface area (Å²) in [7, 11) is -4.82. The molecule has 1 unspecified atom stereocenters. The Bertz CT molecular complexity index is 726. The van der Waals surface area contributed by atoms with Crippen molar-refractivity contribution < 1.29 is 22.9 Å². The number of carbonyl (C=O) groups excluding carboxylic acids is 1. The molecule has 0 spiro atoms. The normalized spacial score (nSPS) is 12.7. The van der Waals surface area contributed by atoms with Crippen molar-refractivity contribution in [2.45, 2.75) is 5.44 Å². The Hall–Kier alpha value is -2.22. The maximum absolute atomic E-state index is 11.7. The third-order valence-corrected chi connectivity index (χ3v) is 3.52. The van der Waals surface area contributed by atoms with Gasteiger partial charge in [0.25, 0.3) is 10.1 Å². The van der Waals surface area contributed by atoms with Gasteiger partial charge in [-0.25, -0.2) is 0 Å². The van der Waals surface area contributed by atoms with Gasteiger partial charge in [-0.05, 0) is 36.4 Å². The van der Waals surface area contributed by atoms with E-state index in [1.54, 1.807) is 12.1 Å². The Balaban J connectivity index is 2.14. The fourth-order valence-electron chi connectivity index (χ4n) is 1.68. The second-order valence-corrected chi connectivity index (χ2v) is 5.78. The highest BCUT2D eigenvalue weighted by atomic mass is 32.2. The number of hydrogen-bond acceptors (Lipinski definition) is 5. The molecule has 3 N–H and O–H groups in total. The molecule has 7 heteroatoms. The Morgan fingerprint density at radius 3 is 2.00 bits per heavy atom. The maximum Gasteiger partial charge on any atom is 0.299 e. The standard InChI is InChI=1S/C14H13NO5S/c16-13(14(17)21(18,19)20)10-6-8-12(9-7-10)15-11-4-2-1-3-5-11/h1-9,14-15,17H,(H,18,19,20). The number of anilines is 2. The van der Waals surface area contributed by atoms with Gasteiger partial charge in [0.2, 0.25) is 11.2 Å². The minimum atomic E-state index is -4.82. The van der Waals surface area contributed by atoms with Crippen molar-refractivity contribution >= 4 is 27.3 Å². The molecule has 2 aromatic carbocycles. The van der Waals surface area contributed by atoms with E-state index in [1.165, 1.54) is 12.1 Å². The average molecular weight is 307 g/mol. The molecular formula is C14H13NO5S. The van der Waals surface area contributed by atoms with Crippen LogP contribution in [-0.2, 0) is 10.1 Å². The fourth-order valence-corrected chi connectivity index (χ4v) is 2.09. The van der Waals surface area contributed by atoms with E-state index >= 15 is 0 Å². The van der Waals surface area contributed by atoms with E-state index in [-0.39, 0.29) is 5.56 Å². The summed E-state index contributed by atoms with van der Waals surface area (Å²) in [5, 5.41) is 12.3. The van der Waals surface area contributed by atoms with Gasteiger partial charge in [0, 0.05) is 16.9 Å². The van der Waals surface area contributed by atoms with Crippen LogP contribution >= 0.6 is 0 Å². The first-order chi connectivity index (χ1) is 9.88. The van der Waals surface area contributed by atoms with Crippen LogP contribution in [0.5, 0.6) is 0 Å². The van der Waals surface area contributed by atoms with Crippen molar-refractivity contribution in [1.29, 1.82) is 0 Å². The van der Waals surface area contributed by atoms with Crippen molar-refractivity contribution in [3.8, 4) is 0 Å². The molecular weight excluding hydrogens is 294 g/mol. The first kappa shape index (κ1) is 15.2. The summed E-state index contributed by atoms with van der Waals surface area (Å²) in [5.74, 6) is -1.08. The molecule has 0 saturated heterocycles. The predicted molar refractivity (Wildman–Crippen MR) is 78.1 cm³/mol. The number of aliphatic hydroxyl groups is 1. The molecule has 2 rings (SSSR count). The van der Waals surface area contributed by atoms with E-state index in [4.69, 9.17) is 4.55 Å². The summed E-state index contributed by atoms with van der Waals surface area (Å²) < 4.78 is 30.1. The third kappa shape index (κ3) is 3.88. The van der Waals surface area contributed by atoms with E-state index in [9.17, 15) is 18.3 Å². The number of nitrogens with one attached hydrogen (secondary N) is 1. The monoisotopic (exact) mass is 307 g/mol. The van der Waals surface area contributed by atoms with Crippen LogP contribution in [0.4, 0.5) is 11.4 Å². The van der Waals surface area contributed by atoms with Gasteiger partial charge in [-0.3, -0.25) is 9.35 Å². The summed E-state index contributed by atoms with van der Waals surface area (Å²) >= 11 is 0. The lowest BCUT2D eigenvalue weighted by Crippen LogP contribution is -2.29. The van der Waals surface area contributed by atoms with Gasteiger partial charge >= 0.3 is 0 Å². The molecule has 0 bridgehead atoms. The first-order valence-corrected chi connectivity index (χ1v) is 7.49. The van der Waals surface area contributed by atoms with Crippen LogP contribution in [0, 0.1) is 0 Å². The summed E-state index contributed by atoms with van der Waals surface area (Å²) in [6, 6.07) is 15.2. The Kier molecular flexibility index (Phi) is 4.37. The Morgan fingerprint density at radius 2 is 1.48 bits per heavy atom. The zero-order valence-electron chi connectivity index (χ0n) is 10.8. The Labute approximate surface area is 121 Å². The predicted octanol–water partition coefficient (Wildman–Crippen LogP) is 1.82.